The normalized spacial score (nSPS) is 10.5. The van der Waals surface area contributed by atoms with Gasteiger partial charge in [0.15, 0.2) is 0 Å². The van der Waals surface area contributed by atoms with Gasteiger partial charge >= 0.3 is 0 Å². The zero-order chi connectivity index (χ0) is 19.6. The number of hydrogen-bond acceptors (Lipinski definition) is 3. The van der Waals surface area contributed by atoms with Gasteiger partial charge in [-0.2, -0.15) is 0 Å². The number of nitrogens with one attached hydrogen (secondary N) is 2. The fraction of sp³-hybridized carbons (Fsp3) is 0.364. The lowest BCUT2D eigenvalue weighted by Crippen LogP contribution is -2.26. The van der Waals surface area contributed by atoms with Crippen LogP contribution in [0.4, 0.5) is 5.69 Å². The number of ether oxygens (including phenoxy) is 1. The molecule has 0 atom stereocenters. The number of hydrogen-bond donors (Lipinski definition) is 2. The summed E-state index contributed by atoms with van der Waals surface area (Å²) in [6, 6.07) is 14.0. The van der Waals surface area contributed by atoms with E-state index in [9.17, 15) is 9.59 Å². The molecule has 0 saturated heterocycles. The van der Waals surface area contributed by atoms with Crippen molar-refractivity contribution in [3.8, 4) is 5.75 Å². The van der Waals surface area contributed by atoms with Crippen molar-refractivity contribution in [1.29, 1.82) is 0 Å². The maximum absolute atomic E-state index is 12.5. The molecular weight excluding hydrogens is 340 g/mol. The Morgan fingerprint density at radius 1 is 1.00 bits per heavy atom. The Morgan fingerprint density at radius 2 is 1.70 bits per heavy atom. The van der Waals surface area contributed by atoms with Gasteiger partial charge in [0.05, 0.1) is 17.9 Å². The molecule has 2 aromatic rings. The Labute approximate surface area is 161 Å². The van der Waals surface area contributed by atoms with Crippen LogP contribution in [-0.2, 0) is 0 Å². The van der Waals surface area contributed by atoms with Crippen molar-refractivity contribution in [1.82, 2.24) is 5.32 Å². The third kappa shape index (κ3) is 6.44. The van der Waals surface area contributed by atoms with E-state index in [4.69, 9.17) is 4.74 Å². The summed E-state index contributed by atoms with van der Waals surface area (Å²) in [7, 11) is 0. The smallest absolute Gasteiger partial charge is 0.255 e. The lowest BCUT2D eigenvalue weighted by Gasteiger charge is -2.12. The molecule has 5 nitrogen and oxygen atoms in total. The van der Waals surface area contributed by atoms with E-state index in [1.54, 1.807) is 48.5 Å². The Hall–Kier alpha value is -2.82. The molecule has 5 heteroatoms. The molecule has 0 aliphatic rings. The van der Waals surface area contributed by atoms with Gasteiger partial charge in [-0.05, 0) is 48.7 Å². The molecule has 2 aromatic carbocycles. The fourth-order valence-electron chi connectivity index (χ4n) is 2.42. The Morgan fingerprint density at radius 3 is 2.37 bits per heavy atom. The topological polar surface area (TPSA) is 67.4 Å². The predicted octanol–water partition coefficient (Wildman–Crippen LogP) is 4.50. The molecule has 0 aliphatic carbocycles. The molecule has 0 fully saturated rings. The third-order valence-corrected chi connectivity index (χ3v) is 3.94. The zero-order valence-electron chi connectivity index (χ0n) is 16.2. The standard InChI is InChI=1S/C22H28N2O3/c1-4-5-14-23-22(26)19-8-6-7-9-20(19)24-21(25)17-10-12-18(13-11-17)27-15-16(2)3/h6-13,16H,4-5,14-15H2,1-3H3,(H,23,26)(H,24,25). The average molecular weight is 368 g/mol. The number of amides is 2. The van der Waals surface area contributed by atoms with Gasteiger partial charge in [-0.1, -0.05) is 39.3 Å². The molecule has 2 amide bonds. The second-order valence-electron chi connectivity index (χ2n) is 6.84. The van der Waals surface area contributed by atoms with E-state index in [-0.39, 0.29) is 11.8 Å². The first-order valence-corrected chi connectivity index (χ1v) is 9.42. The number of carbonyl (C=O) groups excluding carboxylic acids is 2. The first kappa shape index (κ1) is 20.5. The molecule has 27 heavy (non-hydrogen) atoms. The molecule has 0 radical (unpaired) electrons. The van der Waals surface area contributed by atoms with Gasteiger partial charge in [-0.3, -0.25) is 9.59 Å². The number of carbonyl (C=O) groups is 2. The highest BCUT2D eigenvalue weighted by atomic mass is 16.5. The highest BCUT2D eigenvalue weighted by Crippen LogP contribution is 2.18. The third-order valence-electron chi connectivity index (χ3n) is 3.94. The van der Waals surface area contributed by atoms with Crippen molar-refractivity contribution in [3.63, 3.8) is 0 Å². The minimum atomic E-state index is -0.265. The van der Waals surface area contributed by atoms with Crippen LogP contribution in [0.15, 0.2) is 48.5 Å². The Kier molecular flexibility index (Phi) is 7.86. The minimum Gasteiger partial charge on any atom is -0.493 e. The summed E-state index contributed by atoms with van der Waals surface area (Å²) in [6.45, 7) is 7.48. The summed E-state index contributed by atoms with van der Waals surface area (Å²) < 4.78 is 5.63. The molecule has 0 spiro atoms. The van der Waals surface area contributed by atoms with E-state index in [1.807, 2.05) is 0 Å². The van der Waals surface area contributed by atoms with Gasteiger partial charge in [0.1, 0.15) is 5.75 Å². The lowest BCUT2D eigenvalue weighted by molar-refractivity contribution is 0.0954. The molecular formula is C22H28N2O3. The zero-order valence-corrected chi connectivity index (χ0v) is 16.2. The number of unbranched alkanes of at least 4 members (excludes halogenated alkanes) is 1. The van der Waals surface area contributed by atoms with E-state index >= 15 is 0 Å². The summed E-state index contributed by atoms with van der Waals surface area (Å²) in [5.74, 6) is 0.722. The average Bonchev–Trinajstić information content (AvgIpc) is 2.67. The number of anilines is 1. The van der Waals surface area contributed by atoms with Gasteiger partial charge in [0.25, 0.3) is 11.8 Å². The van der Waals surface area contributed by atoms with E-state index in [0.29, 0.717) is 35.9 Å². The second kappa shape index (κ2) is 10.4. The van der Waals surface area contributed by atoms with Crippen molar-refractivity contribution >= 4 is 17.5 Å². The molecule has 0 saturated carbocycles. The monoisotopic (exact) mass is 368 g/mol. The van der Waals surface area contributed by atoms with Crippen LogP contribution in [0.5, 0.6) is 5.75 Å². The van der Waals surface area contributed by atoms with Crippen molar-refractivity contribution in [2.24, 2.45) is 5.92 Å². The van der Waals surface area contributed by atoms with Gasteiger partial charge in [-0.25, -0.2) is 0 Å². The maximum atomic E-state index is 12.5. The number of benzene rings is 2. The van der Waals surface area contributed by atoms with E-state index < -0.39 is 0 Å². The van der Waals surface area contributed by atoms with E-state index in [2.05, 4.69) is 31.4 Å². The summed E-state index contributed by atoms with van der Waals surface area (Å²) in [5, 5.41) is 5.70. The van der Waals surface area contributed by atoms with Crippen LogP contribution in [0, 0.1) is 5.92 Å². The first-order chi connectivity index (χ1) is 13.0. The van der Waals surface area contributed by atoms with Crippen molar-refractivity contribution in [2.75, 3.05) is 18.5 Å². The van der Waals surface area contributed by atoms with Gasteiger partial charge in [0, 0.05) is 12.1 Å². The minimum absolute atomic E-state index is 0.184. The maximum Gasteiger partial charge on any atom is 0.255 e. The van der Waals surface area contributed by atoms with Crippen molar-refractivity contribution in [3.05, 3.63) is 59.7 Å². The molecule has 0 unspecified atom stereocenters. The molecule has 0 heterocycles. The van der Waals surface area contributed by atoms with Crippen molar-refractivity contribution in [2.45, 2.75) is 33.6 Å². The second-order valence-corrected chi connectivity index (χ2v) is 6.84. The molecule has 144 valence electrons. The van der Waals surface area contributed by atoms with Gasteiger partial charge in [0.2, 0.25) is 0 Å². The highest BCUT2D eigenvalue weighted by Gasteiger charge is 2.14. The van der Waals surface area contributed by atoms with Crippen LogP contribution in [0.3, 0.4) is 0 Å². The van der Waals surface area contributed by atoms with Crippen LogP contribution in [0.1, 0.15) is 54.3 Å². The van der Waals surface area contributed by atoms with Crippen LogP contribution in [-0.4, -0.2) is 25.0 Å². The van der Waals surface area contributed by atoms with Crippen LogP contribution < -0.4 is 15.4 Å². The molecule has 0 aromatic heterocycles. The number of rotatable bonds is 9. The quantitative estimate of drug-likeness (QED) is 0.640. The molecule has 2 N–H and O–H groups in total. The van der Waals surface area contributed by atoms with Crippen LogP contribution in [0.25, 0.3) is 0 Å². The molecule has 0 bridgehead atoms. The van der Waals surface area contributed by atoms with Crippen LogP contribution >= 0.6 is 0 Å². The largest absolute Gasteiger partial charge is 0.493 e. The van der Waals surface area contributed by atoms with Gasteiger partial charge < -0.3 is 15.4 Å². The SMILES string of the molecule is CCCCNC(=O)c1ccccc1NC(=O)c1ccc(OCC(C)C)cc1. The first-order valence-electron chi connectivity index (χ1n) is 9.42. The van der Waals surface area contributed by atoms with E-state index in [1.165, 1.54) is 0 Å². The summed E-state index contributed by atoms with van der Waals surface area (Å²) >= 11 is 0. The number of para-hydroxylation sites is 1. The Bertz CT molecular complexity index is 754. The lowest BCUT2D eigenvalue weighted by atomic mass is 10.1. The summed E-state index contributed by atoms with van der Waals surface area (Å²) in [4.78, 5) is 24.9. The van der Waals surface area contributed by atoms with Crippen molar-refractivity contribution < 1.29 is 14.3 Å². The van der Waals surface area contributed by atoms with E-state index in [0.717, 1.165) is 18.6 Å². The van der Waals surface area contributed by atoms with Gasteiger partial charge in [-0.15, -0.1) is 0 Å². The summed E-state index contributed by atoms with van der Waals surface area (Å²) in [5.41, 5.74) is 1.46. The molecule has 2 rings (SSSR count). The molecule has 0 aliphatic heterocycles. The fourth-order valence-corrected chi connectivity index (χ4v) is 2.42. The Balaban J connectivity index is 2.04. The summed E-state index contributed by atoms with van der Waals surface area (Å²) in [6.07, 6.45) is 1.93. The highest BCUT2D eigenvalue weighted by molar-refractivity contribution is 6.09. The predicted molar refractivity (Wildman–Crippen MR) is 108 cm³/mol. The van der Waals surface area contributed by atoms with Crippen LogP contribution in [0.2, 0.25) is 0 Å².